The molecule has 4 N–H and O–H groups in total. The molecule has 4 rings (SSSR count). The van der Waals surface area contributed by atoms with Gasteiger partial charge in [0.15, 0.2) is 0 Å². The van der Waals surface area contributed by atoms with Gasteiger partial charge < -0.3 is 16.4 Å². The standard InChI is InChI=1S/C20H23N3O2.C7H4ClN3O2/c1-14-13-15(9-10-18(14)21)22(2)11-5-6-12-23-19(24)16-7-3-4-8-17(16)20(23)25;8-6-2-5(11(12)13)1-4(3-9)7(6)10/h3-4,7-10,13H,5-6,11-12,21H2,1-2H3;1-2H,10H2. The summed E-state index contributed by atoms with van der Waals surface area (Å²) >= 11 is 5.56. The fourth-order valence-electron chi connectivity index (χ4n) is 3.89. The van der Waals surface area contributed by atoms with Crippen molar-refractivity contribution in [3.05, 3.63) is 92.0 Å². The highest BCUT2D eigenvalue weighted by molar-refractivity contribution is 6.33. The lowest BCUT2D eigenvalue weighted by Crippen LogP contribution is -2.31. The van der Waals surface area contributed by atoms with Crippen LogP contribution in [0.4, 0.5) is 22.7 Å². The van der Waals surface area contributed by atoms with E-state index in [1.165, 1.54) is 4.90 Å². The fraction of sp³-hybridized carbons (Fsp3) is 0.222. The molecule has 0 saturated heterocycles. The zero-order valence-electron chi connectivity index (χ0n) is 21.0. The number of imide groups is 1. The van der Waals surface area contributed by atoms with Gasteiger partial charge in [0, 0.05) is 43.6 Å². The number of non-ortho nitro benzene ring substituents is 1. The van der Waals surface area contributed by atoms with Crippen molar-refractivity contribution in [3.8, 4) is 6.07 Å². The lowest BCUT2D eigenvalue weighted by atomic mass is 10.1. The second-order valence-electron chi connectivity index (χ2n) is 8.73. The lowest BCUT2D eigenvalue weighted by molar-refractivity contribution is -0.384. The number of carbonyl (C=O) groups is 2. The van der Waals surface area contributed by atoms with E-state index in [4.69, 9.17) is 28.3 Å². The molecule has 3 aromatic carbocycles. The topological polar surface area (TPSA) is 160 Å². The van der Waals surface area contributed by atoms with Crippen LogP contribution in [0, 0.1) is 28.4 Å². The minimum atomic E-state index is -0.633. The number of nitrogen functional groups attached to an aromatic ring is 2. The fourth-order valence-corrected chi connectivity index (χ4v) is 4.10. The smallest absolute Gasteiger partial charge is 0.272 e. The molecule has 1 aliphatic rings. The van der Waals surface area contributed by atoms with Crippen molar-refractivity contribution >= 4 is 46.2 Å². The first-order valence-electron chi connectivity index (χ1n) is 11.7. The molecule has 0 radical (unpaired) electrons. The maximum Gasteiger partial charge on any atom is 0.272 e. The second kappa shape index (κ2) is 12.1. The summed E-state index contributed by atoms with van der Waals surface area (Å²) < 4.78 is 0. The zero-order chi connectivity index (χ0) is 28.0. The van der Waals surface area contributed by atoms with Crippen LogP contribution >= 0.6 is 11.6 Å². The van der Waals surface area contributed by atoms with Crippen LogP contribution in [0.3, 0.4) is 0 Å². The highest BCUT2D eigenvalue weighted by Crippen LogP contribution is 2.28. The van der Waals surface area contributed by atoms with Crippen molar-refractivity contribution in [2.75, 3.05) is 36.5 Å². The van der Waals surface area contributed by atoms with Gasteiger partial charge >= 0.3 is 0 Å². The Bertz CT molecular complexity index is 1400. The average molecular weight is 535 g/mol. The molecule has 1 aliphatic heterocycles. The first kappa shape index (κ1) is 28.0. The van der Waals surface area contributed by atoms with E-state index in [1.807, 2.05) is 26.1 Å². The minimum Gasteiger partial charge on any atom is -0.399 e. The van der Waals surface area contributed by atoms with Crippen molar-refractivity contribution in [1.29, 1.82) is 5.26 Å². The Morgan fingerprint density at radius 1 is 1.05 bits per heavy atom. The number of nitrogens with two attached hydrogens (primary N) is 2. The quantitative estimate of drug-likeness (QED) is 0.144. The van der Waals surface area contributed by atoms with Gasteiger partial charge in [0.05, 0.1) is 32.3 Å². The van der Waals surface area contributed by atoms with Gasteiger partial charge in [-0.2, -0.15) is 5.26 Å². The number of aryl methyl sites for hydroxylation is 1. The number of nitrogens with zero attached hydrogens (tertiary/aromatic N) is 4. The normalized spacial score (nSPS) is 11.9. The summed E-state index contributed by atoms with van der Waals surface area (Å²) in [5.41, 5.74) is 15.1. The largest absolute Gasteiger partial charge is 0.399 e. The summed E-state index contributed by atoms with van der Waals surface area (Å²) in [5.74, 6) is -0.355. The summed E-state index contributed by atoms with van der Waals surface area (Å²) in [6.07, 6.45) is 1.68. The first-order chi connectivity index (χ1) is 18.0. The van der Waals surface area contributed by atoms with Crippen molar-refractivity contribution in [2.45, 2.75) is 19.8 Å². The first-order valence-corrected chi connectivity index (χ1v) is 12.1. The molecular formula is C27H27ClN6O4. The number of hydrogen-bond acceptors (Lipinski definition) is 8. The van der Waals surface area contributed by atoms with Crippen molar-refractivity contribution in [3.63, 3.8) is 0 Å². The van der Waals surface area contributed by atoms with Crippen LogP contribution in [0.5, 0.6) is 0 Å². The lowest BCUT2D eigenvalue weighted by Gasteiger charge is -2.21. The van der Waals surface area contributed by atoms with Crippen molar-refractivity contribution < 1.29 is 14.5 Å². The molecule has 0 atom stereocenters. The molecule has 0 saturated carbocycles. The van der Waals surface area contributed by atoms with E-state index in [0.29, 0.717) is 17.7 Å². The Labute approximate surface area is 225 Å². The monoisotopic (exact) mass is 534 g/mol. The average Bonchev–Trinajstić information content (AvgIpc) is 3.14. The number of fused-ring (bicyclic) bond motifs is 1. The van der Waals surface area contributed by atoms with Gasteiger partial charge in [-0.05, 0) is 55.7 Å². The van der Waals surface area contributed by atoms with Crippen LogP contribution in [-0.4, -0.2) is 41.8 Å². The highest BCUT2D eigenvalue weighted by Gasteiger charge is 2.34. The van der Waals surface area contributed by atoms with Crippen LogP contribution in [0.25, 0.3) is 0 Å². The van der Waals surface area contributed by atoms with Crippen LogP contribution in [-0.2, 0) is 0 Å². The molecule has 38 heavy (non-hydrogen) atoms. The van der Waals surface area contributed by atoms with Gasteiger partial charge in [-0.25, -0.2) is 0 Å². The Hall–Kier alpha value is -4.62. The number of benzene rings is 3. The summed E-state index contributed by atoms with van der Waals surface area (Å²) in [6, 6.07) is 16.9. The van der Waals surface area contributed by atoms with Gasteiger partial charge in [0.1, 0.15) is 6.07 Å². The number of nitro groups is 1. The molecule has 2 amide bonds. The Morgan fingerprint density at radius 2 is 1.68 bits per heavy atom. The molecule has 0 aliphatic carbocycles. The maximum absolute atomic E-state index is 12.3. The molecule has 0 aromatic heterocycles. The summed E-state index contributed by atoms with van der Waals surface area (Å²) in [6.45, 7) is 3.31. The third-order valence-corrected chi connectivity index (χ3v) is 6.46. The maximum atomic E-state index is 12.3. The number of nitriles is 1. The molecule has 11 heteroatoms. The third-order valence-electron chi connectivity index (χ3n) is 6.14. The molecule has 196 valence electrons. The molecule has 0 bridgehead atoms. The van der Waals surface area contributed by atoms with Gasteiger partial charge in [0.2, 0.25) is 0 Å². The minimum absolute atomic E-state index is 0.0131. The summed E-state index contributed by atoms with van der Waals surface area (Å²) in [7, 11) is 2.03. The van der Waals surface area contributed by atoms with Gasteiger partial charge in [-0.1, -0.05) is 23.7 Å². The van der Waals surface area contributed by atoms with Crippen molar-refractivity contribution in [1.82, 2.24) is 4.90 Å². The molecule has 3 aromatic rings. The number of anilines is 3. The molecule has 1 heterocycles. The van der Waals surface area contributed by atoms with Crippen molar-refractivity contribution in [2.24, 2.45) is 0 Å². The number of halogens is 1. The van der Waals surface area contributed by atoms with E-state index in [9.17, 15) is 19.7 Å². The summed E-state index contributed by atoms with van der Waals surface area (Å²) in [4.78, 5) is 37.8. The van der Waals surface area contributed by atoms with Gasteiger partial charge in [0.25, 0.3) is 17.5 Å². The number of unbranched alkanes of at least 4 members (excludes halogenated alkanes) is 1. The molecule has 0 unspecified atom stereocenters. The number of amides is 2. The zero-order valence-corrected chi connectivity index (χ0v) is 21.7. The van der Waals surface area contributed by atoms with Crippen LogP contribution < -0.4 is 16.4 Å². The van der Waals surface area contributed by atoms with E-state index in [1.54, 1.807) is 30.3 Å². The molecule has 0 spiro atoms. The second-order valence-corrected chi connectivity index (χ2v) is 9.14. The number of nitro benzene ring substituents is 1. The SMILES string of the molecule is Cc1cc(N(C)CCCCN2C(=O)c3ccccc3C2=O)ccc1N.N#Cc1cc([N+](=O)[O-])cc(Cl)c1N. The van der Waals surface area contributed by atoms with E-state index >= 15 is 0 Å². The Morgan fingerprint density at radius 3 is 2.24 bits per heavy atom. The van der Waals surface area contributed by atoms with Crippen LogP contribution in [0.15, 0.2) is 54.6 Å². The molecule has 0 fully saturated rings. The van der Waals surface area contributed by atoms with Gasteiger partial charge in [-0.3, -0.25) is 24.6 Å². The number of hydrogen-bond donors (Lipinski definition) is 2. The van der Waals surface area contributed by atoms with Crippen LogP contribution in [0.2, 0.25) is 5.02 Å². The van der Waals surface area contributed by atoms with E-state index in [0.717, 1.165) is 48.5 Å². The van der Waals surface area contributed by atoms with Gasteiger partial charge in [-0.15, -0.1) is 0 Å². The highest BCUT2D eigenvalue weighted by atomic mass is 35.5. The van der Waals surface area contributed by atoms with Crippen LogP contribution in [0.1, 0.15) is 44.7 Å². The van der Waals surface area contributed by atoms with E-state index in [-0.39, 0.29) is 33.8 Å². The number of rotatable bonds is 7. The van der Waals surface area contributed by atoms with E-state index < -0.39 is 4.92 Å². The van der Waals surface area contributed by atoms with E-state index in [2.05, 4.69) is 11.0 Å². The molecule has 10 nitrogen and oxygen atoms in total. The summed E-state index contributed by atoms with van der Waals surface area (Å²) in [5, 5.41) is 18.9. The Balaban J connectivity index is 0.000000260. The predicted octanol–water partition coefficient (Wildman–Crippen LogP) is 4.79. The predicted molar refractivity (Wildman–Crippen MR) is 147 cm³/mol. The third kappa shape index (κ3) is 6.19. The molecular weight excluding hydrogens is 508 g/mol. The number of carbonyl (C=O) groups excluding carboxylic acids is 2. The Kier molecular flexibility index (Phi) is 8.89.